The summed E-state index contributed by atoms with van der Waals surface area (Å²) in [6.07, 6.45) is 0. The van der Waals surface area contributed by atoms with Crippen molar-refractivity contribution in [3.8, 4) is 0 Å². The van der Waals surface area contributed by atoms with Gasteiger partial charge in [-0.2, -0.15) is 0 Å². The zero-order valence-electron chi connectivity index (χ0n) is 15.1. The molecule has 0 bridgehead atoms. The molecule has 0 spiro atoms. The lowest BCUT2D eigenvalue weighted by Crippen LogP contribution is -2.44. The van der Waals surface area contributed by atoms with Gasteiger partial charge in [-0.25, -0.2) is 9.59 Å². The van der Waals surface area contributed by atoms with Gasteiger partial charge in [-0.1, -0.05) is 27.7 Å². The number of hydrogen-bond acceptors (Lipinski definition) is 4. The summed E-state index contributed by atoms with van der Waals surface area (Å²) in [4.78, 5) is 46.6. The van der Waals surface area contributed by atoms with E-state index in [4.69, 9.17) is 10.2 Å². The van der Waals surface area contributed by atoms with Crippen LogP contribution >= 0.6 is 0 Å². The van der Waals surface area contributed by atoms with Crippen molar-refractivity contribution in [2.24, 2.45) is 11.8 Å². The van der Waals surface area contributed by atoms with E-state index in [-0.39, 0.29) is 23.0 Å². The molecule has 1 rings (SSSR count). The Morgan fingerprint density at radius 1 is 0.692 bits per heavy atom. The molecule has 0 aliphatic carbocycles. The number of nitrogens with one attached hydrogen (secondary N) is 2. The predicted octanol–water partition coefficient (Wildman–Crippen LogP) is 1.36. The molecule has 8 nitrogen and oxygen atoms in total. The van der Waals surface area contributed by atoms with Crippen LogP contribution in [-0.2, 0) is 9.59 Å². The molecule has 0 heterocycles. The zero-order valence-corrected chi connectivity index (χ0v) is 15.1. The highest BCUT2D eigenvalue weighted by Gasteiger charge is 2.25. The van der Waals surface area contributed by atoms with Crippen LogP contribution in [-0.4, -0.2) is 46.0 Å². The molecule has 2 unspecified atom stereocenters. The van der Waals surface area contributed by atoms with Gasteiger partial charge in [0.1, 0.15) is 12.1 Å². The Bertz CT molecular complexity index is 622. The van der Waals surface area contributed by atoms with Gasteiger partial charge in [0.2, 0.25) is 0 Å². The van der Waals surface area contributed by atoms with E-state index in [9.17, 15) is 19.2 Å². The quantitative estimate of drug-likeness (QED) is 0.550. The Kier molecular flexibility index (Phi) is 7.30. The summed E-state index contributed by atoms with van der Waals surface area (Å²) in [6, 6.07) is 3.49. The van der Waals surface area contributed by atoms with Crippen LogP contribution in [0.15, 0.2) is 24.3 Å². The maximum absolute atomic E-state index is 12.1. The molecule has 0 aliphatic heterocycles. The molecule has 0 saturated heterocycles. The van der Waals surface area contributed by atoms with Crippen LogP contribution in [0.25, 0.3) is 0 Å². The number of carboxylic acids is 2. The van der Waals surface area contributed by atoms with E-state index in [1.54, 1.807) is 27.7 Å². The molecule has 2 atom stereocenters. The average Bonchev–Trinajstić information content (AvgIpc) is 2.55. The second-order valence-corrected chi connectivity index (χ2v) is 6.64. The Balaban J connectivity index is 2.84. The first-order valence-electron chi connectivity index (χ1n) is 8.22. The third-order valence-electron chi connectivity index (χ3n) is 3.85. The fraction of sp³-hybridized carbons (Fsp3) is 0.444. The van der Waals surface area contributed by atoms with E-state index >= 15 is 0 Å². The molecule has 1 aromatic carbocycles. The van der Waals surface area contributed by atoms with Crippen LogP contribution < -0.4 is 10.6 Å². The number of rotatable bonds is 8. The molecule has 2 amide bonds. The monoisotopic (exact) mass is 364 g/mol. The fourth-order valence-corrected chi connectivity index (χ4v) is 2.25. The Hall–Kier alpha value is -2.90. The minimum absolute atomic E-state index is 0.201. The molecule has 4 N–H and O–H groups in total. The minimum Gasteiger partial charge on any atom is -0.480 e. The van der Waals surface area contributed by atoms with Gasteiger partial charge < -0.3 is 20.8 Å². The number of hydrogen-bond donors (Lipinski definition) is 4. The van der Waals surface area contributed by atoms with Crippen molar-refractivity contribution < 1.29 is 29.4 Å². The summed E-state index contributed by atoms with van der Waals surface area (Å²) >= 11 is 0. The molecule has 8 heteroatoms. The molecule has 0 aromatic heterocycles. The SMILES string of the molecule is CC(C)C(NC(=O)c1ccc(C(=O)NC(C(=O)O)C(C)C)cc1)C(=O)O. The summed E-state index contributed by atoms with van der Waals surface area (Å²) in [5.41, 5.74) is 0.402. The second kappa shape index (κ2) is 8.98. The summed E-state index contributed by atoms with van der Waals surface area (Å²) in [6.45, 7) is 6.72. The van der Waals surface area contributed by atoms with Gasteiger partial charge in [-0.05, 0) is 36.1 Å². The van der Waals surface area contributed by atoms with Crippen molar-refractivity contribution in [2.75, 3.05) is 0 Å². The molecule has 0 aliphatic rings. The third kappa shape index (κ3) is 5.58. The molecular weight excluding hydrogens is 340 g/mol. The van der Waals surface area contributed by atoms with E-state index < -0.39 is 35.8 Å². The summed E-state index contributed by atoms with van der Waals surface area (Å²) in [5, 5.41) is 23.1. The molecule has 0 radical (unpaired) electrons. The first-order chi connectivity index (χ1) is 12.0. The summed E-state index contributed by atoms with van der Waals surface area (Å²) in [7, 11) is 0. The molecule has 0 fully saturated rings. The van der Waals surface area contributed by atoms with Gasteiger partial charge in [0.25, 0.3) is 11.8 Å². The maximum Gasteiger partial charge on any atom is 0.326 e. The van der Waals surface area contributed by atoms with E-state index in [0.717, 1.165) is 0 Å². The lowest BCUT2D eigenvalue weighted by molar-refractivity contribution is -0.141. The van der Waals surface area contributed by atoms with Gasteiger partial charge in [-0.15, -0.1) is 0 Å². The Morgan fingerprint density at radius 3 is 1.15 bits per heavy atom. The number of carbonyl (C=O) groups excluding carboxylic acids is 2. The van der Waals surface area contributed by atoms with E-state index in [2.05, 4.69) is 10.6 Å². The predicted molar refractivity (Wildman–Crippen MR) is 93.9 cm³/mol. The van der Waals surface area contributed by atoms with E-state index in [1.165, 1.54) is 24.3 Å². The van der Waals surface area contributed by atoms with E-state index in [1.807, 2.05) is 0 Å². The highest BCUT2D eigenvalue weighted by Crippen LogP contribution is 2.09. The third-order valence-corrected chi connectivity index (χ3v) is 3.85. The van der Waals surface area contributed by atoms with Crippen molar-refractivity contribution >= 4 is 23.8 Å². The van der Waals surface area contributed by atoms with Crippen LogP contribution in [0.2, 0.25) is 0 Å². The van der Waals surface area contributed by atoms with Crippen LogP contribution in [0.4, 0.5) is 0 Å². The molecular formula is C18H24N2O6. The minimum atomic E-state index is -1.13. The lowest BCUT2D eigenvalue weighted by atomic mass is 10.0. The highest BCUT2D eigenvalue weighted by molar-refractivity contribution is 6.00. The van der Waals surface area contributed by atoms with Crippen molar-refractivity contribution in [1.82, 2.24) is 10.6 Å². The first-order valence-corrected chi connectivity index (χ1v) is 8.22. The summed E-state index contributed by atoms with van der Waals surface area (Å²) < 4.78 is 0. The number of amides is 2. The number of aliphatic carboxylic acids is 2. The molecule has 0 saturated carbocycles. The van der Waals surface area contributed by atoms with Gasteiger partial charge in [0.15, 0.2) is 0 Å². The largest absolute Gasteiger partial charge is 0.480 e. The van der Waals surface area contributed by atoms with E-state index in [0.29, 0.717) is 0 Å². The lowest BCUT2D eigenvalue weighted by Gasteiger charge is -2.18. The van der Waals surface area contributed by atoms with Gasteiger partial charge >= 0.3 is 11.9 Å². The van der Waals surface area contributed by atoms with Crippen molar-refractivity contribution in [3.05, 3.63) is 35.4 Å². The number of carbonyl (C=O) groups is 4. The smallest absolute Gasteiger partial charge is 0.326 e. The van der Waals surface area contributed by atoms with Gasteiger partial charge in [0.05, 0.1) is 0 Å². The van der Waals surface area contributed by atoms with Crippen LogP contribution in [0.3, 0.4) is 0 Å². The van der Waals surface area contributed by atoms with Crippen molar-refractivity contribution in [3.63, 3.8) is 0 Å². The molecule has 1 aromatic rings. The number of benzene rings is 1. The maximum atomic E-state index is 12.1. The van der Waals surface area contributed by atoms with Crippen LogP contribution in [0.5, 0.6) is 0 Å². The van der Waals surface area contributed by atoms with Gasteiger partial charge in [-0.3, -0.25) is 9.59 Å². The number of carboxylic acid groups (broad SMARTS) is 2. The zero-order chi connectivity index (χ0) is 20.0. The Morgan fingerprint density at radius 2 is 0.962 bits per heavy atom. The molecule has 142 valence electrons. The summed E-state index contributed by atoms with van der Waals surface area (Å²) in [5.74, 6) is -3.96. The second-order valence-electron chi connectivity index (χ2n) is 6.64. The normalized spacial score (nSPS) is 13.2. The fourth-order valence-electron chi connectivity index (χ4n) is 2.25. The van der Waals surface area contributed by atoms with Crippen LogP contribution in [0.1, 0.15) is 48.4 Å². The Labute approximate surface area is 151 Å². The highest BCUT2D eigenvalue weighted by atomic mass is 16.4. The molecule has 26 heavy (non-hydrogen) atoms. The first kappa shape index (κ1) is 21.1. The van der Waals surface area contributed by atoms with Gasteiger partial charge in [0, 0.05) is 11.1 Å². The standard InChI is InChI=1S/C18H24N2O6/c1-9(2)13(17(23)24)19-15(21)11-5-7-12(8-6-11)16(22)20-14(10(3)4)18(25)26/h5-10,13-14H,1-4H3,(H,19,21)(H,20,22)(H,23,24)(H,25,26). The van der Waals surface area contributed by atoms with Crippen LogP contribution in [0, 0.1) is 11.8 Å². The van der Waals surface area contributed by atoms with Crippen molar-refractivity contribution in [2.45, 2.75) is 39.8 Å². The topological polar surface area (TPSA) is 133 Å². The van der Waals surface area contributed by atoms with Crippen molar-refractivity contribution in [1.29, 1.82) is 0 Å². The average molecular weight is 364 g/mol.